The van der Waals surface area contributed by atoms with Gasteiger partial charge in [-0.05, 0) is 25.1 Å². The molecule has 0 saturated carbocycles. The third kappa shape index (κ3) is 4.84. The first-order valence-electron chi connectivity index (χ1n) is 4.28. The predicted molar refractivity (Wildman–Crippen MR) is 57.6 cm³/mol. The van der Waals surface area contributed by atoms with E-state index in [1.165, 1.54) is 0 Å². The number of benzene rings is 1. The zero-order valence-corrected chi connectivity index (χ0v) is 8.63. The lowest BCUT2D eigenvalue weighted by Crippen LogP contribution is -2.10. The van der Waals surface area contributed by atoms with Crippen LogP contribution in [0.2, 0.25) is 0 Å². The summed E-state index contributed by atoms with van der Waals surface area (Å²) < 4.78 is 5.02. The van der Waals surface area contributed by atoms with E-state index >= 15 is 0 Å². The number of esters is 1. The monoisotopic (exact) mass is 215 g/mol. The lowest BCUT2D eigenvalue weighted by molar-refractivity contribution is -0.134. The molecule has 2 N–H and O–H groups in total. The van der Waals surface area contributed by atoms with Gasteiger partial charge >= 0.3 is 5.97 Å². The Bertz CT molecular complexity index is 264. The first kappa shape index (κ1) is 12.9. The minimum absolute atomic E-state index is 0. The maximum Gasteiger partial charge on any atom is 0.311 e. The fourth-order valence-corrected chi connectivity index (χ4v) is 0.917. The molecule has 0 amide bonds. The molecule has 1 rings (SSSR count). The molecule has 0 heterocycles. The molecule has 0 spiro atoms. The van der Waals surface area contributed by atoms with Gasteiger partial charge in [0.25, 0.3) is 0 Å². The third-order valence-electron chi connectivity index (χ3n) is 1.56. The third-order valence-corrected chi connectivity index (χ3v) is 1.56. The molecule has 14 heavy (non-hydrogen) atoms. The van der Waals surface area contributed by atoms with Crippen LogP contribution in [0, 0.1) is 0 Å². The van der Waals surface area contributed by atoms with Crippen LogP contribution in [-0.2, 0) is 4.79 Å². The summed E-state index contributed by atoms with van der Waals surface area (Å²) in [7, 11) is 0. The highest BCUT2D eigenvalue weighted by Crippen LogP contribution is 2.09. The van der Waals surface area contributed by atoms with E-state index in [0.29, 0.717) is 25.1 Å². The van der Waals surface area contributed by atoms with E-state index in [1.807, 2.05) is 18.2 Å². The molecule has 78 valence electrons. The molecule has 0 aliphatic carbocycles. The highest BCUT2D eigenvalue weighted by molar-refractivity contribution is 5.85. The molecule has 0 unspecified atom stereocenters. The van der Waals surface area contributed by atoms with Crippen molar-refractivity contribution in [1.29, 1.82) is 0 Å². The van der Waals surface area contributed by atoms with Crippen molar-refractivity contribution < 1.29 is 9.53 Å². The molecule has 0 saturated heterocycles. The van der Waals surface area contributed by atoms with Gasteiger partial charge in [-0.3, -0.25) is 4.79 Å². The molecule has 0 radical (unpaired) electrons. The summed E-state index contributed by atoms with van der Waals surface area (Å²) in [6.07, 6.45) is 1.05. The molecule has 0 bridgehead atoms. The molecule has 4 heteroatoms. The average molecular weight is 216 g/mol. The molecule has 0 aliphatic rings. The normalized spacial score (nSPS) is 8.93. The molecule has 0 aromatic heterocycles. The van der Waals surface area contributed by atoms with Crippen LogP contribution >= 0.6 is 12.4 Å². The van der Waals surface area contributed by atoms with E-state index in [1.54, 1.807) is 12.1 Å². The number of hydrogen-bond donors (Lipinski definition) is 1. The van der Waals surface area contributed by atoms with E-state index in [0.717, 1.165) is 0 Å². The summed E-state index contributed by atoms with van der Waals surface area (Å²) in [5, 5.41) is 0. The maximum atomic E-state index is 11.1. The number of para-hydroxylation sites is 1. The Labute approximate surface area is 89.7 Å². The Hall–Kier alpha value is -1.06. The lowest BCUT2D eigenvalue weighted by atomic mass is 10.3. The van der Waals surface area contributed by atoms with Crippen LogP contribution in [0.4, 0.5) is 0 Å². The summed E-state index contributed by atoms with van der Waals surface area (Å²) in [6, 6.07) is 9.02. The number of ether oxygens (including phenoxy) is 1. The number of carbonyl (C=O) groups excluding carboxylic acids is 1. The second-order valence-electron chi connectivity index (χ2n) is 2.68. The molecule has 0 aliphatic heterocycles. The quantitative estimate of drug-likeness (QED) is 0.615. The van der Waals surface area contributed by atoms with Crippen LogP contribution in [-0.4, -0.2) is 12.5 Å². The van der Waals surface area contributed by atoms with Gasteiger partial charge in [0.05, 0.1) is 0 Å². The topological polar surface area (TPSA) is 52.3 Å². The number of nitrogens with two attached hydrogens (primary N) is 1. The molecule has 1 aromatic rings. The van der Waals surface area contributed by atoms with Gasteiger partial charge in [-0.25, -0.2) is 0 Å². The van der Waals surface area contributed by atoms with E-state index in [-0.39, 0.29) is 18.4 Å². The van der Waals surface area contributed by atoms with Crippen molar-refractivity contribution in [1.82, 2.24) is 0 Å². The van der Waals surface area contributed by atoms with Crippen LogP contribution in [0.3, 0.4) is 0 Å². The second-order valence-corrected chi connectivity index (χ2v) is 2.68. The molecular weight excluding hydrogens is 202 g/mol. The highest BCUT2D eigenvalue weighted by atomic mass is 35.5. The first-order valence-corrected chi connectivity index (χ1v) is 4.28. The largest absolute Gasteiger partial charge is 0.427 e. The Balaban J connectivity index is 0.00000169. The van der Waals surface area contributed by atoms with E-state index in [4.69, 9.17) is 10.5 Å². The molecule has 1 aromatic carbocycles. The smallest absolute Gasteiger partial charge is 0.311 e. The van der Waals surface area contributed by atoms with E-state index in [2.05, 4.69) is 0 Å². The average Bonchev–Trinajstić information content (AvgIpc) is 2.16. The van der Waals surface area contributed by atoms with Crippen LogP contribution < -0.4 is 10.5 Å². The van der Waals surface area contributed by atoms with Crippen molar-refractivity contribution in [2.24, 2.45) is 5.73 Å². The van der Waals surface area contributed by atoms with Gasteiger partial charge in [-0.15, -0.1) is 12.4 Å². The van der Waals surface area contributed by atoms with Crippen molar-refractivity contribution in [2.45, 2.75) is 12.8 Å². The van der Waals surface area contributed by atoms with Gasteiger partial charge in [0.2, 0.25) is 0 Å². The maximum absolute atomic E-state index is 11.1. The first-order chi connectivity index (χ1) is 6.33. The van der Waals surface area contributed by atoms with Crippen LogP contribution in [0.25, 0.3) is 0 Å². The molecular formula is C10H14ClNO2. The van der Waals surface area contributed by atoms with Gasteiger partial charge in [-0.1, -0.05) is 18.2 Å². The highest BCUT2D eigenvalue weighted by Gasteiger charge is 2.02. The van der Waals surface area contributed by atoms with Crippen LogP contribution in [0.1, 0.15) is 12.8 Å². The predicted octanol–water partition coefficient (Wildman–Crippen LogP) is 1.75. The standard InChI is InChI=1S/C10H13NO2.ClH/c11-8-4-7-10(12)13-9-5-2-1-3-6-9;/h1-3,5-6H,4,7-8,11H2;1H. The van der Waals surface area contributed by atoms with Crippen molar-refractivity contribution in [2.75, 3.05) is 6.54 Å². The number of rotatable bonds is 4. The van der Waals surface area contributed by atoms with Crippen molar-refractivity contribution in [3.05, 3.63) is 30.3 Å². The van der Waals surface area contributed by atoms with E-state index < -0.39 is 0 Å². The zero-order valence-electron chi connectivity index (χ0n) is 7.81. The van der Waals surface area contributed by atoms with Gasteiger partial charge in [-0.2, -0.15) is 0 Å². The summed E-state index contributed by atoms with van der Waals surface area (Å²) in [6.45, 7) is 0.518. The Morgan fingerprint density at radius 1 is 1.29 bits per heavy atom. The fourth-order valence-electron chi connectivity index (χ4n) is 0.917. The summed E-state index contributed by atoms with van der Waals surface area (Å²) in [5.41, 5.74) is 5.26. The van der Waals surface area contributed by atoms with Gasteiger partial charge in [0, 0.05) is 6.42 Å². The minimum atomic E-state index is -0.225. The Morgan fingerprint density at radius 2 is 1.93 bits per heavy atom. The Morgan fingerprint density at radius 3 is 2.50 bits per heavy atom. The van der Waals surface area contributed by atoms with Crippen molar-refractivity contribution >= 4 is 18.4 Å². The summed E-state index contributed by atoms with van der Waals surface area (Å²) in [4.78, 5) is 11.1. The van der Waals surface area contributed by atoms with Crippen molar-refractivity contribution in [3.63, 3.8) is 0 Å². The number of hydrogen-bond acceptors (Lipinski definition) is 3. The van der Waals surface area contributed by atoms with Crippen molar-refractivity contribution in [3.8, 4) is 5.75 Å². The molecule has 3 nitrogen and oxygen atoms in total. The number of carbonyl (C=O) groups is 1. The second kappa shape index (κ2) is 7.35. The lowest BCUT2D eigenvalue weighted by Gasteiger charge is -2.02. The summed E-state index contributed by atoms with van der Waals surface area (Å²) >= 11 is 0. The van der Waals surface area contributed by atoms with Gasteiger partial charge in [0.1, 0.15) is 5.75 Å². The zero-order chi connectivity index (χ0) is 9.52. The van der Waals surface area contributed by atoms with Gasteiger partial charge < -0.3 is 10.5 Å². The van der Waals surface area contributed by atoms with Crippen LogP contribution in [0.5, 0.6) is 5.75 Å². The van der Waals surface area contributed by atoms with E-state index in [9.17, 15) is 4.79 Å². The minimum Gasteiger partial charge on any atom is -0.427 e. The van der Waals surface area contributed by atoms with Gasteiger partial charge in [0.15, 0.2) is 0 Å². The van der Waals surface area contributed by atoms with Crippen LogP contribution in [0.15, 0.2) is 30.3 Å². The molecule has 0 atom stereocenters. The fraction of sp³-hybridized carbons (Fsp3) is 0.300. The SMILES string of the molecule is Cl.NCCCC(=O)Oc1ccccc1. The Kier molecular flexibility index (Phi) is 6.80. The number of halogens is 1. The molecule has 0 fully saturated rings. The summed E-state index contributed by atoms with van der Waals surface area (Å²) in [5.74, 6) is 0.362.